The zero-order valence-electron chi connectivity index (χ0n) is 29.2. The van der Waals surface area contributed by atoms with Crippen molar-refractivity contribution in [2.45, 2.75) is 147 Å². The summed E-state index contributed by atoms with van der Waals surface area (Å²) >= 11 is 0. The first-order valence-corrected chi connectivity index (χ1v) is 16.9. The molecule has 0 spiro atoms. The molecule has 0 aromatic carbocycles. The van der Waals surface area contributed by atoms with Crippen molar-refractivity contribution in [1.82, 2.24) is 10.2 Å². The lowest BCUT2D eigenvalue weighted by molar-refractivity contribution is -0.288. The van der Waals surface area contributed by atoms with Crippen LogP contribution >= 0.6 is 0 Å². The van der Waals surface area contributed by atoms with Crippen molar-refractivity contribution in [3.05, 3.63) is 10.4 Å². The number of amides is 1. The number of nitrogens with one attached hydrogen (secondary N) is 1. The van der Waals surface area contributed by atoms with E-state index in [-0.39, 0.29) is 18.1 Å². The van der Waals surface area contributed by atoms with Gasteiger partial charge in [0.1, 0.15) is 24.4 Å². The summed E-state index contributed by atoms with van der Waals surface area (Å²) in [4.78, 5) is 44.9. The minimum Gasteiger partial charge on any atom is -0.458 e. The molecule has 47 heavy (non-hydrogen) atoms. The summed E-state index contributed by atoms with van der Waals surface area (Å²) in [6.07, 6.45) is -2.87. The largest absolute Gasteiger partial charge is 0.458 e. The van der Waals surface area contributed by atoms with Gasteiger partial charge in [0.05, 0.1) is 23.9 Å². The average Bonchev–Trinajstić information content (AvgIpc) is 3.27. The summed E-state index contributed by atoms with van der Waals surface area (Å²) in [6, 6.07) is -1.38. The lowest BCUT2D eigenvalue weighted by atomic mass is 9.80. The van der Waals surface area contributed by atoms with E-state index in [0.717, 1.165) is 0 Å². The fraction of sp³-hybridized carbons (Fsp3) is 0.906. The van der Waals surface area contributed by atoms with E-state index >= 15 is 0 Å². The number of azide groups is 1. The van der Waals surface area contributed by atoms with Gasteiger partial charge in [-0.25, -0.2) is 4.79 Å². The monoisotopic (exact) mass is 668 g/mol. The number of methoxy groups -OCH3 is 1. The van der Waals surface area contributed by atoms with Crippen LogP contribution in [0.1, 0.15) is 87.0 Å². The molecule has 15 heteroatoms. The zero-order valence-corrected chi connectivity index (χ0v) is 29.2. The Hall–Kier alpha value is -2.52. The third kappa shape index (κ3) is 9.14. The maximum Gasteiger partial charge on any atom is 0.410 e. The van der Waals surface area contributed by atoms with Crippen LogP contribution in [-0.4, -0.2) is 115 Å². The lowest BCUT2D eigenvalue weighted by Crippen LogP contribution is -2.60. The Morgan fingerprint density at radius 2 is 1.89 bits per heavy atom. The molecule has 0 aromatic heterocycles. The van der Waals surface area contributed by atoms with Gasteiger partial charge in [0, 0.05) is 43.1 Å². The van der Waals surface area contributed by atoms with Crippen molar-refractivity contribution in [1.29, 1.82) is 0 Å². The maximum atomic E-state index is 13.8. The van der Waals surface area contributed by atoms with Crippen LogP contribution in [0.15, 0.2) is 5.11 Å². The number of hydrogen-bond donors (Lipinski definition) is 3. The van der Waals surface area contributed by atoms with Crippen molar-refractivity contribution < 1.29 is 43.2 Å². The second-order valence-corrected chi connectivity index (χ2v) is 14.0. The normalized spacial score (nSPS) is 40.8. The van der Waals surface area contributed by atoms with Gasteiger partial charge in [-0.2, -0.15) is 0 Å². The number of esters is 1. The average molecular weight is 669 g/mol. The number of carbonyl (C=O) groups excluding carboxylic acids is 3. The molecular formula is C32H56N6O9. The van der Waals surface area contributed by atoms with Crippen LogP contribution in [-0.2, 0) is 33.3 Å². The fourth-order valence-corrected chi connectivity index (χ4v) is 7.49. The molecule has 15 nitrogen and oxygen atoms in total. The summed E-state index contributed by atoms with van der Waals surface area (Å²) in [5, 5.41) is 18.0. The molecule has 0 saturated carbocycles. The number of cyclic esters (lactones) is 1. The maximum absolute atomic E-state index is 13.8. The SMILES string of the molecule is CC[C@H]1OC(=O)CC(=O)[C@H](C)[C@@H](OC2OC(C)CC(N)C2O)[C@](C)(OC)C[C@@H](C)CN[C@H](C)[C@H]2N(CCCCN=[N+]=[N-])C(=O)O[C@]12C. The van der Waals surface area contributed by atoms with Crippen LogP contribution in [0.2, 0.25) is 0 Å². The van der Waals surface area contributed by atoms with Crippen LogP contribution in [0, 0.1) is 11.8 Å². The molecule has 3 rings (SSSR count). The highest BCUT2D eigenvalue weighted by Gasteiger charge is 2.58. The second-order valence-electron chi connectivity index (χ2n) is 14.0. The molecular weight excluding hydrogens is 612 g/mol. The number of aliphatic hydroxyl groups excluding tert-OH is 1. The van der Waals surface area contributed by atoms with Crippen molar-refractivity contribution in [2.75, 3.05) is 26.7 Å². The Morgan fingerprint density at radius 1 is 1.19 bits per heavy atom. The molecule has 3 aliphatic heterocycles. The number of nitrogens with zero attached hydrogens (tertiary/aromatic N) is 4. The molecule has 268 valence electrons. The van der Waals surface area contributed by atoms with Crippen molar-refractivity contribution in [2.24, 2.45) is 22.7 Å². The summed E-state index contributed by atoms with van der Waals surface area (Å²) in [7, 11) is 1.55. The third-order valence-corrected chi connectivity index (χ3v) is 10.1. The van der Waals surface area contributed by atoms with Crippen LogP contribution in [0.25, 0.3) is 10.4 Å². The standard InChI is InChI=1S/C32H56N6O9/c1-9-24-32(7)27(38(30(42)47-32)13-11-10-12-36-37-34)21(5)35-17-18(2)16-31(6,43-8)28(20(4)23(39)15-25(40)45-24)46-29-26(41)22(33)14-19(3)44-29/h18-22,24,26-29,35,41H,9-17,33H2,1-8H3/t18-,19?,20+,21-,22?,24-,26?,27-,28-,29?,31-,32-/m1/s1. The highest BCUT2D eigenvalue weighted by atomic mass is 16.7. The highest BCUT2D eigenvalue weighted by molar-refractivity contribution is 5.97. The molecule has 4 N–H and O–H groups in total. The van der Waals surface area contributed by atoms with Gasteiger partial charge in [0.25, 0.3) is 0 Å². The Bertz CT molecular complexity index is 1140. The van der Waals surface area contributed by atoms with Gasteiger partial charge < -0.3 is 39.8 Å². The minimum absolute atomic E-state index is 0.0132. The van der Waals surface area contributed by atoms with Gasteiger partial charge in [-0.15, -0.1) is 0 Å². The first-order chi connectivity index (χ1) is 22.1. The molecule has 3 heterocycles. The van der Waals surface area contributed by atoms with E-state index in [1.807, 2.05) is 34.6 Å². The number of ether oxygens (including phenoxy) is 5. The molecule has 3 saturated heterocycles. The number of aliphatic hydroxyl groups is 1. The number of fused-ring (bicyclic) bond motifs is 1. The number of hydrogen-bond acceptors (Lipinski definition) is 12. The van der Waals surface area contributed by atoms with E-state index in [2.05, 4.69) is 15.3 Å². The molecule has 1 amide bonds. The Kier molecular flexibility index (Phi) is 13.9. The van der Waals surface area contributed by atoms with E-state index in [1.165, 1.54) is 0 Å². The van der Waals surface area contributed by atoms with Gasteiger partial charge in [0.2, 0.25) is 0 Å². The fourth-order valence-electron chi connectivity index (χ4n) is 7.49. The molecule has 12 atom stereocenters. The molecule has 0 bridgehead atoms. The lowest BCUT2D eigenvalue weighted by Gasteiger charge is -2.45. The number of nitrogens with two attached hydrogens (primary N) is 1. The number of carbonyl (C=O) groups is 3. The molecule has 0 aliphatic carbocycles. The quantitative estimate of drug-likeness (QED) is 0.0812. The van der Waals surface area contributed by atoms with Crippen LogP contribution < -0.4 is 11.1 Å². The third-order valence-electron chi connectivity index (χ3n) is 10.1. The summed E-state index contributed by atoms with van der Waals surface area (Å²) in [5.41, 5.74) is 12.5. The predicted octanol–water partition coefficient (Wildman–Crippen LogP) is 3.20. The van der Waals surface area contributed by atoms with E-state index in [4.69, 9.17) is 34.9 Å². The Labute approximate surface area is 278 Å². The van der Waals surface area contributed by atoms with Gasteiger partial charge in [0.15, 0.2) is 11.9 Å². The second kappa shape index (κ2) is 16.7. The number of Topliss-reactive ketones (excluding diaryl/α,β-unsaturated/α-hetero) is 1. The van der Waals surface area contributed by atoms with E-state index in [1.54, 1.807) is 25.9 Å². The van der Waals surface area contributed by atoms with Crippen molar-refractivity contribution in [3.63, 3.8) is 0 Å². The van der Waals surface area contributed by atoms with Crippen LogP contribution in [0.4, 0.5) is 4.79 Å². The summed E-state index contributed by atoms with van der Waals surface area (Å²) in [5.74, 6) is -2.04. The van der Waals surface area contributed by atoms with Gasteiger partial charge in [-0.3, -0.25) is 14.5 Å². The first-order valence-electron chi connectivity index (χ1n) is 16.9. The van der Waals surface area contributed by atoms with Crippen LogP contribution in [0.3, 0.4) is 0 Å². The van der Waals surface area contributed by atoms with Gasteiger partial charge in [-0.1, -0.05) is 25.9 Å². The number of rotatable bonds is 9. The molecule has 4 unspecified atom stereocenters. The predicted molar refractivity (Wildman–Crippen MR) is 172 cm³/mol. The summed E-state index contributed by atoms with van der Waals surface area (Å²) < 4.78 is 30.4. The minimum atomic E-state index is -1.21. The Balaban J connectivity index is 1.97. The molecule has 0 aromatic rings. The highest BCUT2D eigenvalue weighted by Crippen LogP contribution is 2.39. The number of ketones is 1. The molecule has 3 aliphatic rings. The van der Waals surface area contributed by atoms with Crippen molar-refractivity contribution >= 4 is 17.8 Å². The Morgan fingerprint density at radius 3 is 2.53 bits per heavy atom. The van der Waals surface area contributed by atoms with E-state index in [9.17, 15) is 19.5 Å². The number of unbranched alkanes of at least 4 members (excludes halogenated alkanes) is 1. The van der Waals surface area contributed by atoms with E-state index in [0.29, 0.717) is 51.7 Å². The molecule has 3 fully saturated rings. The first kappa shape index (κ1) is 38.9. The zero-order chi connectivity index (χ0) is 35.1. The summed E-state index contributed by atoms with van der Waals surface area (Å²) in [6.45, 7) is 14.2. The topological polar surface area (TPSA) is 208 Å². The van der Waals surface area contributed by atoms with E-state index < -0.39 is 78.1 Å². The van der Waals surface area contributed by atoms with Crippen LogP contribution in [0.5, 0.6) is 0 Å². The van der Waals surface area contributed by atoms with Crippen molar-refractivity contribution in [3.8, 4) is 0 Å². The smallest absolute Gasteiger partial charge is 0.410 e. The molecule has 0 radical (unpaired) electrons. The van der Waals surface area contributed by atoms with Gasteiger partial charge in [-0.05, 0) is 77.8 Å². The van der Waals surface area contributed by atoms with Gasteiger partial charge >= 0.3 is 12.1 Å².